The smallest absolute Gasteiger partial charge is 0.317 e. The van der Waals surface area contributed by atoms with E-state index < -0.39 is 0 Å². The van der Waals surface area contributed by atoms with Crippen LogP contribution in [-0.4, -0.2) is 49.4 Å². The molecule has 122 valence electrons. The second kappa shape index (κ2) is 8.63. The molecule has 2 atom stereocenters. The number of urea groups is 1. The maximum absolute atomic E-state index is 12.1. The average Bonchev–Trinajstić information content (AvgIpc) is 2.54. The van der Waals surface area contributed by atoms with Crippen LogP contribution in [0.4, 0.5) is 4.79 Å². The van der Waals surface area contributed by atoms with Crippen LogP contribution < -0.4 is 10.1 Å². The van der Waals surface area contributed by atoms with E-state index in [0.29, 0.717) is 26.3 Å². The summed E-state index contributed by atoms with van der Waals surface area (Å²) in [7, 11) is 0. The molecule has 0 radical (unpaired) electrons. The van der Waals surface area contributed by atoms with Gasteiger partial charge in [-0.25, -0.2) is 4.79 Å². The first-order valence-electron chi connectivity index (χ1n) is 8.02. The van der Waals surface area contributed by atoms with E-state index in [1.54, 1.807) is 0 Å². The summed E-state index contributed by atoms with van der Waals surface area (Å²) in [6, 6.07) is 9.91. The minimum atomic E-state index is 0.00614. The number of para-hydroxylation sites is 1. The quantitative estimate of drug-likeness (QED) is 0.822. The van der Waals surface area contributed by atoms with Gasteiger partial charge in [0.25, 0.3) is 0 Å². The average molecular weight is 306 g/mol. The van der Waals surface area contributed by atoms with Crippen LogP contribution in [0.25, 0.3) is 0 Å². The molecule has 0 bridgehead atoms. The van der Waals surface area contributed by atoms with Crippen molar-refractivity contribution in [2.45, 2.75) is 38.8 Å². The Bertz CT molecular complexity index is 452. The van der Waals surface area contributed by atoms with Crippen molar-refractivity contribution in [3.63, 3.8) is 0 Å². The molecule has 1 N–H and O–H groups in total. The lowest BCUT2D eigenvalue weighted by atomic mass is 10.1. The van der Waals surface area contributed by atoms with Gasteiger partial charge in [0.2, 0.25) is 0 Å². The third kappa shape index (κ3) is 4.91. The number of hydrogen-bond donors (Lipinski definition) is 1. The Morgan fingerprint density at radius 2 is 2.09 bits per heavy atom. The molecule has 2 rings (SSSR count). The van der Waals surface area contributed by atoms with Crippen molar-refractivity contribution in [3.8, 4) is 5.75 Å². The zero-order chi connectivity index (χ0) is 15.8. The molecule has 1 aliphatic heterocycles. The maximum Gasteiger partial charge on any atom is 0.317 e. The predicted octanol–water partition coefficient (Wildman–Crippen LogP) is 2.66. The van der Waals surface area contributed by atoms with Gasteiger partial charge in [-0.2, -0.15) is 0 Å². The third-order valence-electron chi connectivity index (χ3n) is 4.00. The monoisotopic (exact) mass is 306 g/mol. The number of nitrogens with one attached hydrogen (secondary N) is 1. The van der Waals surface area contributed by atoms with Gasteiger partial charge >= 0.3 is 6.03 Å². The lowest BCUT2D eigenvalue weighted by molar-refractivity contribution is -0.0376. The number of rotatable bonds is 6. The molecule has 1 aliphatic rings. The summed E-state index contributed by atoms with van der Waals surface area (Å²) in [5.74, 6) is 0.891. The van der Waals surface area contributed by atoms with E-state index in [1.807, 2.05) is 49.1 Å². The molecular formula is C17H26N2O3. The number of morpholine rings is 1. The number of hydrogen-bond acceptors (Lipinski definition) is 3. The Balaban J connectivity index is 1.57. The fraction of sp³-hybridized carbons (Fsp3) is 0.588. The SMILES string of the molecule is C[C@@H]1OCCN(C(=O)NCCCCOc2ccccc2)[C@@H]1C. The largest absolute Gasteiger partial charge is 0.494 e. The van der Waals surface area contributed by atoms with Crippen molar-refractivity contribution in [1.82, 2.24) is 10.2 Å². The zero-order valence-electron chi connectivity index (χ0n) is 13.5. The molecule has 1 saturated heterocycles. The Labute approximate surface area is 132 Å². The molecule has 2 amide bonds. The fourth-order valence-electron chi connectivity index (χ4n) is 2.45. The molecular weight excluding hydrogens is 280 g/mol. The molecule has 0 unspecified atom stereocenters. The van der Waals surface area contributed by atoms with Gasteiger partial charge in [0.05, 0.1) is 25.4 Å². The molecule has 0 spiro atoms. The van der Waals surface area contributed by atoms with E-state index >= 15 is 0 Å². The molecule has 0 aromatic heterocycles. The molecule has 1 heterocycles. The van der Waals surface area contributed by atoms with Crippen molar-refractivity contribution in [1.29, 1.82) is 0 Å². The first kappa shape index (κ1) is 16.6. The molecule has 0 saturated carbocycles. The summed E-state index contributed by atoms with van der Waals surface area (Å²) < 4.78 is 11.2. The first-order valence-corrected chi connectivity index (χ1v) is 8.02. The topological polar surface area (TPSA) is 50.8 Å². The number of nitrogens with zero attached hydrogens (tertiary/aromatic N) is 1. The number of carbonyl (C=O) groups excluding carboxylic acids is 1. The fourth-order valence-corrected chi connectivity index (χ4v) is 2.45. The van der Waals surface area contributed by atoms with Crippen molar-refractivity contribution in [2.24, 2.45) is 0 Å². The van der Waals surface area contributed by atoms with Crippen LogP contribution in [0.1, 0.15) is 26.7 Å². The third-order valence-corrected chi connectivity index (χ3v) is 4.00. The van der Waals surface area contributed by atoms with Gasteiger partial charge in [-0.05, 0) is 38.8 Å². The minimum absolute atomic E-state index is 0.00614. The highest BCUT2D eigenvalue weighted by Crippen LogP contribution is 2.13. The lowest BCUT2D eigenvalue weighted by Crippen LogP contribution is -2.54. The van der Waals surface area contributed by atoms with E-state index in [9.17, 15) is 4.79 Å². The van der Waals surface area contributed by atoms with Gasteiger partial charge in [0, 0.05) is 13.1 Å². The zero-order valence-corrected chi connectivity index (χ0v) is 13.5. The molecule has 0 aliphatic carbocycles. The van der Waals surface area contributed by atoms with Crippen LogP contribution in [0.3, 0.4) is 0 Å². The highest BCUT2D eigenvalue weighted by Gasteiger charge is 2.28. The van der Waals surface area contributed by atoms with Crippen LogP contribution in [0.15, 0.2) is 30.3 Å². The van der Waals surface area contributed by atoms with Gasteiger partial charge in [-0.15, -0.1) is 0 Å². The van der Waals surface area contributed by atoms with Crippen LogP contribution in [-0.2, 0) is 4.74 Å². The van der Waals surface area contributed by atoms with Crippen molar-refractivity contribution in [3.05, 3.63) is 30.3 Å². The number of benzene rings is 1. The number of ether oxygens (including phenoxy) is 2. The Kier molecular flexibility index (Phi) is 6.52. The second-order valence-electron chi connectivity index (χ2n) is 5.61. The van der Waals surface area contributed by atoms with Gasteiger partial charge < -0.3 is 19.7 Å². The molecule has 22 heavy (non-hydrogen) atoms. The second-order valence-corrected chi connectivity index (χ2v) is 5.61. The number of amides is 2. The van der Waals surface area contributed by atoms with Crippen LogP contribution in [0.2, 0.25) is 0 Å². The molecule has 5 nitrogen and oxygen atoms in total. The summed E-state index contributed by atoms with van der Waals surface area (Å²) in [4.78, 5) is 14.0. The molecule has 5 heteroatoms. The minimum Gasteiger partial charge on any atom is -0.494 e. The van der Waals surface area contributed by atoms with Gasteiger partial charge in [-0.3, -0.25) is 0 Å². The Morgan fingerprint density at radius 3 is 2.86 bits per heavy atom. The number of unbranched alkanes of at least 4 members (excludes halogenated alkanes) is 1. The van der Waals surface area contributed by atoms with E-state index in [0.717, 1.165) is 18.6 Å². The standard InChI is InChI=1S/C17H26N2O3/c1-14-15(2)21-13-11-19(14)17(20)18-10-6-7-12-22-16-8-4-3-5-9-16/h3-5,8-9,14-15H,6-7,10-13H2,1-2H3,(H,18,20)/t14-,15+/m1/s1. The van der Waals surface area contributed by atoms with Gasteiger partial charge in [0.1, 0.15) is 5.75 Å². The van der Waals surface area contributed by atoms with Gasteiger partial charge in [-0.1, -0.05) is 18.2 Å². The van der Waals surface area contributed by atoms with E-state index in [2.05, 4.69) is 5.32 Å². The Morgan fingerprint density at radius 1 is 1.32 bits per heavy atom. The van der Waals surface area contributed by atoms with E-state index in [-0.39, 0.29) is 18.2 Å². The molecule has 1 aromatic rings. The van der Waals surface area contributed by atoms with Crippen LogP contribution >= 0.6 is 0 Å². The predicted molar refractivity (Wildman–Crippen MR) is 86.2 cm³/mol. The van der Waals surface area contributed by atoms with Gasteiger partial charge in [0.15, 0.2) is 0 Å². The van der Waals surface area contributed by atoms with E-state index in [4.69, 9.17) is 9.47 Å². The summed E-state index contributed by atoms with van der Waals surface area (Å²) in [5.41, 5.74) is 0. The highest BCUT2D eigenvalue weighted by atomic mass is 16.5. The summed E-state index contributed by atoms with van der Waals surface area (Å²) in [6.45, 7) is 6.65. The normalized spacial score (nSPS) is 21.5. The van der Waals surface area contributed by atoms with Crippen molar-refractivity contribution >= 4 is 6.03 Å². The van der Waals surface area contributed by atoms with Crippen molar-refractivity contribution in [2.75, 3.05) is 26.3 Å². The molecule has 1 aromatic carbocycles. The molecule has 1 fully saturated rings. The van der Waals surface area contributed by atoms with E-state index in [1.165, 1.54) is 0 Å². The summed E-state index contributed by atoms with van der Waals surface area (Å²) in [5, 5.41) is 2.98. The van der Waals surface area contributed by atoms with Crippen molar-refractivity contribution < 1.29 is 14.3 Å². The highest BCUT2D eigenvalue weighted by molar-refractivity contribution is 5.74. The summed E-state index contributed by atoms with van der Waals surface area (Å²) in [6.07, 6.45) is 1.93. The number of carbonyl (C=O) groups is 1. The summed E-state index contributed by atoms with van der Waals surface area (Å²) >= 11 is 0. The maximum atomic E-state index is 12.1. The first-order chi connectivity index (χ1) is 10.7. The Hall–Kier alpha value is -1.75. The lowest BCUT2D eigenvalue weighted by Gasteiger charge is -2.37. The van der Waals surface area contributed by atoms with Crippen LogP contribution in [0.5, 0.6) is 5.75 Å². The van der Waals surface area contributed by atoms with Crippen LogP contribution in [0, 0.1) is 0 Å².